The van der Waals surface area contributed by atoms with Crippen molar-refractivity contribution in [3.8, 4) is 11.3 Å². The second-order valence-corrected chi connectivity index (χ2v) is 3.67. The van der Waals surface area contributed by atoms with Crippen molar-refractivity contribution >= 4 is 5.82 Å². The van der Waals surface area contributed by atoms with Crippen LogP contribution in [0.5, 0.6) is 0 Å². The Kier molecular flexibility index (Phi) is 2.57. The molecule has 2 N–H and O–H groups in total. The fraction of sp³-hybridized carbons (Fsp3) is 0.182. The summed E-state index contributed by atoms with van der Waals surface area (Å²) in [6.45, 7) is 0. The number of imidazole rings is 1. The number of aromatic nitrogens is 2. The first-order valence-corrected chi connectivity index (χ1v) is 4.84. The second-order valence-electron chi connectivity index (χ2n) is 3.67. The van der Waals surface area contributed by atoms with E-state index < -0.39 is 11.7 Å². The molecule has 0 bridgehead atoms. The van der Waals surface area contributed by atoms with Crippen LogP contribution in [0.2, 0.25) is 0 Å². The van der Waals surface area contributed by atoms with Crippen molar-refractivity contribution in [1.82, 2.24) is 9.55 Å². The van der Waals surface area contributed by atoms with Gasteiger partial charge in [-0.25, -0.2) is 4.98 Å². The molecule has 0 aliphatic rings. The largest absolute Gasteiger partial charge is 0.416 e. The molecule has 0 saturated heterocycles. The van der Waals surface area contributed by atoms with Gasteiger partial charge in [0, 0.05) is 12.6 Å². The highest BCUT2D eigenvalue weighted by Crippen LogP contribution is 2.32. The molecule has 1 aromatic heterocycles. The minimum absolute atomic E-state index is 0.337. The maximum Gasteiger partial charge on any atom is 0.416 e. The minimum atomic E-state index is -4.36. The van der Waals surface area contributed by atoms with Crippen LogP contribution in [-0.2, 0) is 13.2 Å². The molecule has 2 rings (SSSR count). The van der Waals surface area contributed by atoms with Crippen LogP contribution in [0, 0.1) is 0 Å². The predicted molar refractivity (Wildman–Crippen MR) is 58.1 cm³/mol. The molecule has 17 heavy (non-hydrogen) atoms. The predicted octanol–water partition coefficient (Wildman–Crippen LogP) is 2.69. The van der Waals surface area contributed by atoms with Crippen molar-refractivity contribution in [1.29, 1.82) is 0 Å². The molecule has 3 nitrogen and oxygen atoms in total. The average Bonchev–Trinajstić information content (AvgIpc) is 2.59. The lowest BCUT2D eigenvalue weighted by Gasteiger charge is -2.08. The lowest BCUT2D eigenvalue weighted by Crippen LogP contribution is -2.04. The van der Waals surface area contributed by atoms with Gasteiger partial charge in [-0.15, -0.1) is 0 Å². The first-order valence-electron chi connectivity index (χ1n) is 4.84. The lowest BCUT2D eigenvalue weighted by atomic mass is 10.1. The molecule has 1 heterocycles. The van der Waals surface area contributed by atoms with Crippen molar-refractivity contribution in [3.05, 3.63) is 36.2 Å². The Morgan fingerprint density at radius 1 is 1.29 bits per heavy atom. The van der Waals surface area contributed by atoms with Gasteiger partial charge in [-0.2, -0.15) is 13.2 Å². The fourth-order valence-electron chi connectivity index (χ4n) is 1.50. The van der Waals surface area contributed by atoms with Crippen molar-refractivity contribution in [2.45, 2.75) is 6.18 Å². The molecule has 1 aromatic carbocycles. The van der Waals surface area contributed by atoms with E-state index in [9.17, 15) is 13.2 Å². The number of halogens is 3. The van der Waals surface area contributed by atoms with Crippen LogP contribution < -0.4 is 5.73 Å². The van der Waals surface area contributed by atoms with E-state index in [1.54, 1.807) is 17.7 Å². The number of hydrogen-bond acceptors (Lipinski definition) is 2. The Hall–Kier alpha value is -1.98. The third-order valence-electron chi connectivity index (χ3n) is 2.45. The Balaban J connectivity index is 2.51. The maximum atomic E-state index is 12.5. The number of anilines is 1. The van der Waals surface area contributed by atoms with E-state index in [-0.39, 0.29) is 0 Å². The zero-order valence-corrected chi connectivity index (χ0v) is 8.99. The van der Waals surface area contributed by atoms with Gasteiger partial charge in [0.05, 0.1) is 11.9 Å². The maximum absolute atomic E-state index is 12.5. The van der Waals surface area contributed by atoms with Gasteiger partial charge in [0.1, 0.15) is 11.5 Å². The Labute approximate surface area is 95.7 Å². The van der Waals surface area contributed by atoms with E-state index in [1.165, 1.54) is 12.4 Å². The normalized spacial score (nSPS) is 11.8. The quantitative estimate of drug-likeness (QED) is 0.834. The summed E-state index contributed by atoms with van der Waals surface area (Å²) in [6, 6.07) is 4.95. The highest BCUT2D eigenvalue weighted by atomic mass is 19.4. The molecule has 0 amide bonds. The van der Waals surface area contributed by atoms with Crippen LogP contribution >= 0.6 is 0 Å². The standard InChI is InChI=1S/C11H10F3N3/c1-17-6-16-9(10(17)15)7-3-2-4-8(5-7)11(12,13)14/h2-6H,15H2,1H3. The summed E-state index contributed by atoms with van der Waals surface area (Å²) in [5, 5.41) is 0. The van der Waals surface area contributed by atoms with Crippen molar-refractivity contribution in [3.63, 3.8) is 0 Å². The molecular weight excluding hydrogens is 231 g/mol. The number of nitrogens with two attached hydrogens (primary N) is 1. The van der Waals surface area contributed by atoms with Crippen LogP contribution in [0.4, 0.5) is 19.0 Å². The molecule has 0 atom stereocenters. The summed E-state index contributed by atoms with van der Waals surface area (Å²) in [7, 11) is 1.68. The summed E-state index contributed by atoms with van der Waals surface area (Å²) in [5.74, 6) is 0.337. The SMILES string of the molecule is Cn1cnc(-c2cccc(C(F)(F)F)c2)c1N. The number of aryl methyl sites for hydroxylation is 1. The van der Waals surface area contributed by atoms with Gasteiger partial charge in [-0.1, -0.05) is 12.1 Å². The van der Waals surface area contributed by atoms with Gasteiger partial charge < -0.3 is 10.3 Å². The molecule has 90 valence electrons. The van der Waals surface area contributed by atoms with Gasteiger partial charge >= 0.3 is 6.18 Å². The van der Waals surface area contributed by atoms with Crippen molar-refractivity contribution < 1.29 is 13.2 Å². The number of alkyl halides is 3. The molecule has 0 unspecified atom stereocenters. The van der Waals surface area contributed by atoms with Crippen LogP contribution in [0.1, 0.15) is 5.56 Å². The van der Waals surface area contributed by atoms with Gasteiger partial charge in [-0.3, -0.25) is 0 Å². The third-order valence-corrected chi connectivity index (χ3v) is 2.45. The van der Waals surface area contributed by atoms with Gasteiger partial charge in [0.15, 0.2) is 0 Å². The van der Waals surface area contributed by atoms with Crippen LogP contribution in [-0.4, -0.2) is 9.55 Å². The average molecular weight is 241 g/mol. The molecule has 2 aromatic rings. The summed E-state index contributed by atoms with van der Waals surface area (Å²) in [6.07, 6.45) is -2.90. The summed E-state index contributed by atoms with van der Waals surface area (Å²) < 4.78 is 39.1. The van der Waals surface area contributed by atoms with Crippen LogP contribution in [0.25, 0.3) is 11.3 Å². The first kappa shape index (κ1) is 11.5. The Morgan fingerprint density at radius 3 is 2.53 bits per heavy atom. The summed E-state index contributed by atoms with van der Waals surface area (Å²) in [5.41, 5.74) is 5.72. The molecule has 0 spiro atoms. The van der Waals surface area contributed by atoms with Crippen LogP contribution in [0.3, 0.4) is 0 Å². The molecule has 0 radical (unpaired) electrons. The zero-order chi connectivity index (χ0) is 12.6. The van der Waals surface area contributed by atoms with Gasteiger partial charge in [0.25, 0.3) is 0 Å². The first-order chi connectivity index (χ1) is 7.89. The van der Waals surface area contributed by atoms with Crippen molar-refractivity contribution in [2.75, 3.05) is 5.73 Å². The number of rotatable bonds is 1. The molecular formula is C11H10F3N3. The number of benzene rings is 1. The smallest absolute Gasteiger partial charge is 0.383 e. The van der Waals surface area contributed by atoms with E-state index in [0.29, 0.717) is 17.1 Å². The van der Waals surface area contributed by atoms with E-state index in [0.717, 1.165) is 12.1 Å². The molecule has 0 saturated carbocycles. The fourth-order valence-corrected chi connectivity index (χ4v) is 1.50. The summed E-state index contributed by atoms with van der Waals surface area (Å²) in [4.78, 5) is 3.98. The van der Waals surface area contributed by atoms with Crippen molar-refractivity contribution in [2.24, 2.45) is 7.05 Å². The number of nitrogens with zero attached hydrogens (tertiary/aromatic N) is 2. The van der Waals surface area contributed by atoms with E-state index in [1.807, 2.05) is 0 Å². The lowest BCUT2D eigenvalue weighted by molar-refractivity contribution is -0.137. The highest BCUT2D eigenvalue weighted by Gasteiger charge is 2.30. The number of nitrogen functional groups attached to an aromatic ring is 1. The minimum Gasteiger partial charge on any atom is -0.383 e. The molecule has 6 heteroatoms. The molecule has 0 aliphatic carbocycles. The summed E-state index contributed by atoms with van der Waals surface area (Å²) >= 11 is 0. The van der Waals surface area contributed by atoms with Gasteiger partial charge in [0.2, 0.25) is 0 Å². The molecule has 0 fully saturated rings. The van der Waals surface area contributed by atoms with Gasteiger partial charge in [-0.05, 0) is 12.1 Å². The van der Waals surface area contributed by atoms with Crippen LogP contribution in [0.15, 0.2) is 30.6 Å². The number of hydrogen-bond donors (Lipinski definition) is 1. The molecule has 0 aliphatic heterocycles. The van der Waals surface area contributed by atoms with E-state index >= 15 is 0 Å². The Bertz CT molecular complexity index is 543. The highest BCUT2D eigenvalue weighted by molar-refractivity contribution is 5.70. The monoisotopic (exact) mass is 241 g/mol. The van der Waals surface area contributed by atoms with E-state index in [4.69, 9.17) is 5.73 Å². The third kappa shape index (κ3) is 2.11. The van der Waals surface area contributed by atoms with E-state index in [2.05, 4.69) is 4.98 Å². The Morgan fingerprint density at radius 2 is 2.00 bits per heavy atom. The zero-order valence-electron chi connectivity index (χ0n) is 8.99. The topological polar surface area (TPSA) is 43.8 Å². The second kappa shape index (κ2) is 3.80.